The number of aromatic nitrogens is 1. The molecule has 2 heterocycles. The molecule has 0 aliphatic carbocycles. The molecule has 94 valence electrons. The molecule has 17 heavy (non-hydrogen) atoms. The Hall–Kier alpha value is -1.09. The Morgan fingerprint density at radius 2 is 2.12 bits per heavy atom. The Balaban J connectivity index is 2.15. The van der Waals surface area contributed by atoms with E-state index < -0.39 is 0 Å². The van der Waals surface area contributed by atoms with E-state index in [0.29, 0.717) is 6.04 Å². The minimum absolute atomic E-state index is 0.0155. The van der Waals surface area contributed by atoms with Crippen molar-refractivity contribution in [2.24, 2.45) is 11.7 Å². The number of hydrogen-bond acceptors (Lipinski definition) is 3. The highest BCUT2D eigenvalue weighted by atomic mass is 15.2. The molecule has 3 heteroatoms. The van der Waals surface area contributed by atoms with Gasteiger partial charge < -0.3 is 10.6 Å². The van der Waals surface area contributed by atoms with E-state index in [4.69, 9.17) is 5.73 Å². The van der Waals surface area contributed by atoms with Gasteiger partial charge in [-0.05, 0) is 44.7 Å². The van der Waals surface area contributed by atoms with Crippen LogP contribution in [0.5, 0.6) is 0 Å². The van der Waals surface area contributed by atoms with E-state index in [-0.39, 0.29) is 6.04 Å². The fourth-order valence-corrected chi connectivity index (χ4v) is 2.49. The second-order valence-electron chi connectivity index (χ2n) is 5.41. The maximum atomic E-state index is 5.82. The summed E-state index contributed by atoms with van der Waals surface area (Å²) in [5.74, 6) is 0.777. The first-order valence-electron chi connectivity index (χ1n) is 6.56. The van der Waals surface area contributed by atoms with Gasteiger partial charge in [0.25, 0.3) is 0 Å². The van der Waals surface area contributed by atoms with Gasteiger partial charge in [-0.2, -0.15) is 0 Å². The zero-order chi connectivity index (χ0) is 12.4. The van der Waals surface area contributed by atoms with Crippen molar-refractivity contribution < 1.29 is 0 Å². The molecule has 0 saturated carbocycles. The topological polar surface area (TPSA) is 42.1 Å². The van der Waals surface area contributed by atoms with Crippen LogP contribution in [-0.2, 0) is 0 Å². The van der Waals surface area contributed by atoms with Crippen LogP contribution < -0.4 is 10.6 Å². The van der Waals surface area contributed by atoms with Crippen LogP contribution >= 0.6 is 0 Å². The minimum atomic E-state index is 0.0155. The molecule has 2 unspecified atom stereocenters. The predicted molar refractivity (Wildman–Crippen MR) is 72.0 cm³/mol. The van der Waals surface area contributed by atoms with Gasteiger partial charge in [0.15, 0.2) is 0 Å². The molecule has 1 aromatic rings. The zero-order valence-corrected chi connectivity index (χ0v) is 11.1. The van der Waals surface area contributed by atoms with Crippen molar-refractivity contribution in [1.29, 1.82) is 0 Å². The van der Waals surface area contributed by atoms with Crippen LogP contribution in [0.15, 0.2) is 18.3 Å². The number of nitrogens with zero attached hydrogens (tertiary/aromatic N) is 2. The Kier molecular flexibility index (Phi) is 3.67. The van der Waals surface area contributed by atoms with E-state index >= 15 is 0 Å². The van der Waals surface area contributed by atoms with Crippen molar-refractivity contribution in [2.45, 2.75) is 45.7 Å². The molecule has 3 nitrogen and oxygen atoms in total. The molecule has 2 N–H and O–H groups in total. The van der Waals surface area contributed by atoms with Gasteiger partial charge in [0.2, 0.25) is 0 Å². The van der Waals surface area contributed by atoms with Crippen molar-refractivity contribution >= 4 is 5.69 Å². The molecule has 2 rings (SSSR count). The van der Waals surface area contributed by atoms with Crippen LogP contribution in [0.1, 0.15) is 45.3 Å². The lowest BCUT2D eigenvalue weighted by Gasteiger charge is -2.38. The standard InChI is InChI=1S/C14H23N3/c1-10-4-5-11(2)17(9-10)13-6-7-14(12(3)15)16-8-13/h6-8,10-12H,4-5,9,15H2,1-3H3/t10?,11?,12-/m0/s1. The van der Waals surface area contributed by atoms with E-state index in [1.54, 1.807) is 0 Å². The average molecular weight is 233 g/mol. The SMILES string of the molecule is CC1CCC(C)N(c2ccc([C@H](C)N)nc2)C1. The summed E-state index contributed by atoms with van der Waals surface area (Å²) in [6.07, 6.45) is 4.58. The van der Waals surface area contributed by atoms with Gasteiger partial charge in [-0.15, -0.1) is 0 Å². The Morgan fingerprint density at radius 3 is 2.71 bits per heavy atom. The number of rotatable bonds is 2. The summed E-state index contributed by atoms with van der Waals surface area (Å²) >= 11 is 0. The number of nitrogens with two attached hydrogens (primary N) is 1. The summed E-state index contributed by atoms with van der Waals surface area (Å²) in [7, 11) is 0. The molecule has 0 amide bonds. The first-order valence-corrected chi connectivity index (χ1v) is 6.56. The van der Waals surface area contributed by atoms with Gasteiger partial charge >= 0.3 is 0 Å². The molecule has 1 fully saturated rings. The maximum absolute atomic E-state index is 5.82. The molecule has 1 aliphatic heterocycles. The molecule has 1 aliphatic rings. The lowest BCUT2D eigenvalue weighted by Crippen LogP contribution is -2.41. The van der Waals surface area contributed by atoms with Crippen LogP contribution in [0, 0.1) is 5.92 Å². The summed E-state index contributed by atoms with van der Waals surface area (Å²) in [5, 5.41) is 0. The first-order chi connectivity index (χ1) is 8.08. The fraction of sp³-hybridized carbons (Fsp3) is 0.643. The van der Waals surface area contributed by atoms with Crippen LogP contribution in [0.2, 0.25) is 0 Å². The van der Waals surface area contributed by atoms with Crippen LogP contribution in [0.4, 0.5) is 5.69 Å². The third-order valence-electron chi connectivity index (χ3n) is 3.69. The Morgan fingerprint density at radius 1 is 1.35 bits per heavy atom. The molecule has 0 aromatic carbocycles. The van der Waals surface area contributed by atoms with Crippen molar-refractivity contribution in [3.63, 3.8) is 0 Å². The molecular weight excluding hydrogens is 210 g/mol. The van der Waals surface area contributed by atoms with Crippen molar-refractivity contribution in [2.75, 3.05) is 11.4 Å². The third kappa shape index (κ3) is 2.78. The number of anilines is 1. The molecule has 3 atom stereocenters. The van der Waals surface area contributed by atoms with Gasteiger partial charge in [-0.25, -0.2) is 0 Å². The van der Waals surface area contributed by atoms with Crippen LogP contribution in [0.3, 0.4) is 0 Å². The van der Waals surface area contributed by atoms with E-state index in [0.717, 1.165) is 18.2 Å². The summed E-state index contributed by atoms with van der Waals surface area (Å²) < 4.78 is 0. The molecule has 1 saturated heterocycles. The molecule has 0 bridgehead atoms. The van der Waals surface area contributed by atoms with E-state index in [2.05, 4.69) is 29.8 Å². The number of hydrogen-bond donors (Lipinski definition) is 1. The quantitative estimate of drug-likeness (QED) is 0.854. The van der Waals surface area contributed by atoms with Gasteiger partial charge in [0.1, 0.15) is 0 Å². The molecule has 1 aromatic heterocycles. The third-order valence-corrected chi connectivity index (χ3v) is 3.69. The normalized spacial score (nSPS) is 26.9. The lowest BCUT2D eigenvalue weighted by molar-refractivity contribution is 0.390. The van der Waals surface area contributed by atoms with E-state index in [1.165, 1.54) is 18.5 Å². The van der Waals surface area contributed by atoms with E-state index in [9.17, 15) is 0 Å². The van der Waals surface area contributed by atoms with Gasteiger partial charge in [0, 0.05) is 18.6 Å². The van der Waals surface area contributed by atoms with Crippen LogP contribution in [-0.4, -0.2) is 17.6 Å². The van der Waals surface area contributed by atoms with E-state index in [1.807, 2.05) is 19.2 Å². The summed E-state index contributed by atoms with van der Waals surface area (Å²) in [5.41, 5.74) is 8.01. The Labute approximate surface area is 104 Å². The van der Waals surface area contributed by atoms with Crippen molar-refractivity contribution in [1.82, 2.24) is 4.98 Å². The first kappa shape index (κ1) is 12.4. The molecule has 0 radical (unpaired) electrons. The zero-order valence-electron chi connectivity index (χ0n) is 11.1. The smallest absolute Gasteiger partial charge is 0.0569 e. The predicted octanol–water partition coefficient (Wildman–Crippen LogP) is 2.73. The highest BCUT2D eigenvalue weighted by Crippen LogP contribution is 2.27. The highest BCUT2D eigenvalue weighted by Gasteiger charge is 2.23. The second kappa shape index (κ2) is 5.05. The summed E-state index contributed by atoms with van der Waals surface area (Å²) in [4.78, 5) is 6.91. The van der Waals surface area contributed by atoms with Gasteiger partial charge in [-0.3, -0.25) is 4.98 Å². The van der Waals surface area contributed by atoms with Gasteiger partial charge in [-0.1, -0.05) is 6.92 Å². The molecule has 0 spiro atoms. The van der Waals surface area contributed by atoms with Crippen molar-refractivity contribution in [3.05, 3.63) is 24.0 Å². The van der Waals surface area contributed by atoms with Crippen LogP contribution in [0.25, 0.3) is 0 Å². The van der Waals surface area contributed by atoms with Crippen molar-refractivity contribution in [3.8, 4) is 0 Å². The highest BCUT2D eigenvalue weighted by molar-refractivity contribution is 5.46. The summed E-state index contributed by atoms with van der Waals surface area (Å²) in [6.45, 7) is 7.72. The second-order valence-corrected chi connectivity index (χ2v) is 5.41. The fourth-order valence-electron chi connectivity index (χ4n) is 2.49. The average Bonchev–Trinajstić information content (AvgIpc) is 2.32. The number of piperidine rings is 1. The van der Waals surface area contributed by atoms with Gasteiger partial charge in [0.05, 0.1) is 17.6 Å². The largest absolute Gasteiger partial charge is 0.367 e. The lowest BCUT2D eigenvalue weighted by atomic mass is 9.94. The Bertz CT molecular complexity index is 358. The maximum Gasteiger partial charge on any atom is 0.0569 e. The summed E-state index contributed by atoms with van der Waals surface area (Å²) in [6, 6.07) is 4.84. The minimum Gasteiger partial charge on any atom is -0.367 e. The molecular formula is C14H23N3. The monoisotopic (exact) mass is 233 g/mol. The number of pyridine rings is 1.